The van der Waals surface area contributed by atoms with E-state index in [9.17, 15) is 4.79 Å². The molecule has 1 saturated heterocycles. The summed E-state index contributed by atoms with van der Waals surface area (Å²) in [6, 6.07) is 11.4. The lowest BCUT2D eigenvalue weighted by molar-refractivity contribution is 0.0945. The second-order valence-corrected chi connectivity index (χ2v) is 9.75. The summed E-state index contributed by atoms with van der Waals surface area (Å²) in [7, 11) is 0. The Hall–Kier alpha value is -3.02. The highest BCUT2D eigenvalue weighted by Crippen LogP contribution is 2.19. The molecule has 1 N–H and O–H groups in total. The van der Waals surface area contributed by atoms with E-state index in [0.29, 0.717) is 17.9 Å². The molecule has 8 nitrogen and oxygen atoms in total. The van der Waals surface area contributed by atoms with E-state index in [-0.39, 0.29) is 17.1 Å². The fraction of sp³-hybridized carbons (Fsp3) is 0.520. The first-order chi connectivity index (χ1) is 15.8. The van der Waals surface area contributed by atoms with E-state index < -0.39 is 0 Å². The van der Waals surface area contributed by atoms with Crippen molar-refractivity contribution in [2.45, 2.75) is 40.7 Å². The maximum Gasteiger partial charge on any atom is 0.269 e. The zero-order valence-electron chi connectivity index (χ0n) is 20.2. The first-order valence-electron chi connectivity index (χ1n) is 11.6. The van der Waals surface area contributed by atoms with E-state index in [4.69, 9.17) is 5.26 Å². The second kappa shape index (κ2) is 11.2. The number of rotatable bonds is 8. The third-order valence-electron chi connectivity index (χ3n) is 5.51. The molecule has 0 atom stereocenters. The average molecular weight is 450 g/mol. The number of hydrazine groups is 1. The summed E-state index contributed by atoms with van der Waals surface area (Å²) in [6.45, 7) is 15.5. The molecule has 0 unspecified atom stereocenters. The molecule has 33 heavy (non-hydrogen) atoms. The summed E-state index contributed by atoms with van der Waals surface area (Å²) in [5.74, 6) is 0.347. The van der Waals surface area contributed by atoms with Crippen LogP contribution in [-0.2, 0) is 6.54 Å². The highest BCUT2D eigenvalue weighted by Gasteiger charge is 2.21. The van der Waals surface area contributed by atoms with Crippen LogP contribution < -0.4 is 10.4 Å². The molecular weight excluding hydrogens is 414 g/mol. The van der Waals surface area contributed by atoms with Gasteiger partial charge in [-0.15, -0.1) is 0 Å². The van der Waals surface area contributed by atoms with Crippen LogP contribution in [0.5, 0.6) is 0 Å². The van der Waals surface area contributed by atoms with Gasteiger partial charge in [-0.05, 0) is 36.1 Å². The zero-order chi connectivity index (χ0) is 23.8. The Morgan fingerprint density at radius 1 is 1.12 bits per heavy atom. The number of amides is 1. The number of aromatic nitrogens is 2. The van der Waals surface area contributed by atoms with Gasteiger partial charge in [0.25, 0.3) is 5.91 Å². The van der Waals surface area contributed by atoms with Crippen molar-refractivity contribution < 1.29 is 4.79 Å². The van der Waals surface area contributed by atoms with Crippen LogP contribution in [0.25, 0.3) is 0 Å². The Morgan fingerprint density at radius 2 is 1.79 bits per heavy atom. The Morgan fingerprint density at radius 3 is 2.39 bits per heavy atom. The van der Waals surface area contributed by atoms with Crippen LogP contribution in [0.15, 0.2) is 36.5 Å². The van der Waals surface area contributed by atoms with Crippen molar-refractivity contribution >= 4 is 11.7 Å². The first kappa shape index (κ1) is 24.6. The largest absolute Gasteiger partial charge is 0.301 e. The highest BCUT2D eigenvalue weighted by atomic mass is 16.2. The standard InChI is InChI=1S/C25H35N7O/c1-5-12-30-13-15-31(16-14-30)18-20-6-8-21(9-7-20)24(33)29-32(19-25(2,3)4)23-10-11-27-22(17-26)28-23/h6-11H,5,12-16,18-19H2,1-4H3,(H,29,33). The summed E-state index contributed by atoms with van der Waals surface area (Å²) in [6.07, 6.45) is 2.73. The van der Waals surface area contributed by atoms with Crippen LogP contribution in [0.1, 0.15) is 55.9 Å². The van der Waals surface area contributed by atoms with Gasteiger partial charge in [0.2, 0.25) is 5.82 Å². The lowest BCUT2D eigenvalue weighted by atomic mass is 9.97. The minimum Gasteiger partial charge on any atom is -0.301 e. The predicted octanol–water partition coefficient (Wildman–Crippen LogP) is 3.07. The average Bonchev–Trinajstić information content (AvgIpc) is 2.80. The van der Waals surface area contributed by atoms with Crippen LogP contribution >= 0.6 is 0 Å². The molecule has 0 radical (unpaired) electrons. The van der Waals surface area contributed by atoms with Gasteiger partial charge in [0, 0.05) is 57.1 Å². The number of hydrogen-bond donors (Lipinski definition) is 1. The van der Waals surface area contributed by atoms with Crippen molar-refractivity contribution in [3.8, 4) is 6.07 Å². The van der Waals surface area contributed by atoms with Crippen molar-refractivity contribution in [3.05, 3.63) is 53.5 Å². The van der Waals surface area contributed by atoms with Crippen molar-refractivity contribution in [2.75, 3.05) is 44.3 Å². The van der Waals surface area contributed by atoms with E-state index in [0.717, 1.165) is 32.7 Å². The SMILES string of the molecule is CCCN1CCN(Cc2ccc(C(=O)NN(CC(C)(C)C)c3ccnc(C#N)n3)cc2)CC1. The van der Waals surface area contributed by atoms with Crippen LogP contribution in [0.2, 0.25) is 0 Å². The summed E-state index contributed by atoms with van der Waals surface area (Å²) in [5, 5.41) is 10.8. The number of nitriles is 1. The molecule has 0 bridgehead atoms. The van der Waals surface area contributed by atoms with E-state index >= 15 is 0 Å². The Labute approximate surface area is 197 Å². The van der Waals surface area contributed by atoms with Crippen LogP contribution in [-0.4, -0.2) is 64.9 Å². The molecule has 1 amide bonds. The first-order valence-corrected chi connectivity index (χ1v) is 11.6. The molecule has 0 saturated carbocycles. The van der Waals surface area contributed by atoms with Gasteiger partial charge in [-0.25, -0.2) is 4.98 Å². The lowest BCUT2D eigenvalue weighted by Crippen LogP contribution is -2.47. The number of carbonyl (C=O) groups excluding carboxylic acids is 1. The van der Waals surface area contributed by atoms with E-state index in [1.165, 1.54) is 24.7 Å². The Kier molecular flexibility index (Phi) is 8.37. The molecule has 0 aliphatic carbocycles. The maximum absolute atomic E-state index is 13.0. The van der Waals surface area contributed by atoms with Gasteiger partial charge in [-0.3, -0.25) is 20.1 Å². The van der Waals surface area contributed by atoms with Gasteiger partial charge in [0.05, 0.1) is 0 Å². The van der Waals surface area contributed by atoms with Crippen LogP contribution in [0.4, 0.5) is 5.82 Å². The third-order valence-corrected chi connectivity index (χ3v) is 5.51. The minimum absolute atomic E-state index is 0.0699. The van der Waals surface area contributed by atoms with Gasteiger partial charge in [0.1, 0.15) is 6.07 Å². The lowest BCUT2D eigenvalue weighted by Gasteiger charge is -2.34. The second-order valence-electron chi connectivity index (χ2n) is 9.75. The number of nitrogens with zero attached hydrogens (tertiary/aromatic N) is 6. The Balaban J connectivity index is 1.63. The molecule has 1 aliphatic heterocycles. The van der Waals surface area contributed by atoms with Gasteiger partial charge >= 0.3 is 0 Å². The van der Waals surface area contributed by atoms with E-state index in [1.54, 1.807) is 11.1 Å². The van der Waals surface area contributed by atoms with Gasteiger partial charge < -0.3 is 4.90 Å². The Bertz CT molecular complexity index is 954. The zero-order valence-corrected chi connectivity index (χ0v) is 20.2. The number of benzene rings is 1. The van der Waals surface area contributed by atoms with E-state index in [2.05, 4.69) is 52.9 Å². The molecule has 1 fully saturated rings. The third kappa shape index (κ3) is 7.52. The molecule has 1 aromatic carbocycles. The van der Waals surface area contributed by atoms with Crippen LogP contribution in [0, 0.1) is 16.7 Å². The van der Waals surface area contributed by atoms with Gasteiger partial charge in [-0.1, -0.05) is 39.8 Å². The van der Waals surface area contributed by atoms with Crippen molar-refractivity contribution in [1.82, 2.24) is 25.2 Å². The molecule has 2 heterocycles. The number of nitrogens with one attached hydrogen (secondary N) is 1. The monoisotopic (exact) mass is 449 g/mol. The summed E-state index contributed by atoms with van der Waals surface area (Å²) >= 11 is 0. The van der Waals surface area contributed by atoms with Crippen molar-refractivity contribution in [2.24, 2.45) is 5.41 Å². The van der Waals surface area contributed by atoms with E-state index in [1.807, 2.05) is 30.3 Å². The predicted molar refractivity (Wildman–Crippen MR) is 129 cm³/mol. The minimum atomic E-state index is -0.212. The number of anilines is 1. The van der Waals surface area contributed by atoms with Crippen LogP contribution in [0.3, 0.4) is 0 Å². The molecule has 3 rings (SSSR count). The molecule has 8 heteroatoms. The summed E-state index contributed by atoms with van der Waals surface area (Å²) < 4.78 is 0. The number of carbonyl (C=O) groups is 1. The number of piperazine rings is 1. The smallest absolute Gasteiger partial charge is 0.269 e. The molecule has 2 aromatic rings. The molecule has 1 aromatic heterocycles. The van der Waals surface area contributed by atoms with Gasteiger partial charge in [0.15, 0.2) is 5.82 Å². The quantitative estimate of drug-likeness (QED) is 0.620. The fourth-order valence-electron chi connectivity index (χ4n) is 3.90. The topological polar surface area (TPSA) is 88.4 Å². The summed E-state index contributed by atoms with van der Waals surface area (Å²) in [5.41, 5.74) is 4.64. The molecule has 0 spiro atoms. The molecule has 1 aliphatic rings. The summed E-state index contributed by atoms with van der Waals surface area (Å²) in [4.78, 5) is 26.2. The highest BCUT2D eigenvalue weighted by molar-refractivity contribution is 5.95. The molecular formula is C25H35N7O. The maximum atomic E-state index is 13.0. The van der Waals surface area contributed by atoms with Gasteiger partial charge in [-0.2, -0.15) is 10.2 Å². The molecule has 176 valence electrons. The fourth-order valence-corrected chi connectivity index (χ4v) is 3.90. The number of hydrogen-bond acceptors (Lipinski definition) is 7. The van der Waals surface area contributed by atoms with Crippen molar-refractivity contribution in [1.29, 1.82) is 5.26 Å². The van der Waals surface area contributed by atoms with Crippen molar-refractivity contribution in [3.63, 3.8) is 0 Å². The normalized spacial score (nSPS) is 15.1.